The molecule has 1 aliphatic heterocycles. The van der Waals surface area contributed by atoms with E-state index in [-0.39, 0.29) is 29.9 Å². The van der Waals surface area contributed by atoms with E-state index in [1.807, 2.05) is 45.0 Å². The van der Waals surface area contributed by atoms with Gasteiger partial charge in [-0.15, -0.1) is 11.3 Å². The highest BCUT2D eigenvalue weighted by atomic mass is 35.5. The highest BCUT2D eigenvalue weighted by Crippen LogP contribution is 2.37. The Morgan fingerprint density at radius 2 is 1.98 bits per heavy atom. The molecule has 1 saturated carbocycles. The fraction of sp³-hybridized carbons (Fsp3) is 0.483. The van der Waals surface area contributed by atoms with Gasteiger partial charge in [0.05, 0.1) is 22.0 Å². The molecule has 2 aromatic heterocycles. The lowest BCUT2D eigenvalue weighted by Gasteiger charge is -2.24. The minimum atomic E-state index is -0.562. The van der Waals surface area contributed by atoms with Crippen LogP contribution in [0.4, 0.5) is 10.7 Å². The van der Waals surface area contributed by atoms with Crippen LogP contribution >= 0.6 is 22.9 Å². The number of carbonyl (C=O) groups is 3. The zero-order valence-electron chi connectivity index (χ0n) is 23.5. The number of anilines is 1. The third-order valence-electron chi connectivity index (χ3n) is 6.84. The normalized spacial score (nSPS) is 17.0. The molecule has 3 aromatic rings. The summed E-state index contributed by atoms with van der Waals surface area (Å²) in [6, 6.07) is 7.96. The monoisotopic (exact) mass is 598 g/mol. The minimum absolute atomic E-state index is 0.0565. The van der Waals surface area contributed by atoms with Crippen LogP contribution in [0.1, 0.15) is 56.8 Å². The Labute approximate surface area is 248 Å². The number of amides is 3. The lowest BCUT2D eigenvalue weighted by Crippen LogP contribution is -2.37. The van der Waals surface area contributed by atoms with Crippen LogP contribution in [0.5, 0.6) is 0 Å². The Morgan fingerprint density at radius 3 is 2.73 bits per heavy atom. The summed E-state index contributed by atoms with van der Waals surface area (Å²) in [5.74, 6) is 0.0814. The summed E-state index contributed by atoms with van der Waals surface area (Å²) >= 11 is 8.00. The molecule has 0 unspecified atom stereocenters. The Kier molecular flexibility index (Phi) is 8.65. The maximum Gasteiger partial charge on any atom is 0.410 e. The Bertz CT molecular complexity index is 1450. The van der Waals surface area contributed by atoms with Crippen molar-refractivity contribution in [3.63, 3.8) is 0 Å². The average Bonchev–Trinajstić information content (AvgIpc) is 3.41. The largest absolute Gasteiger partial charge is 0.444 e. The van der Waals surface area contributed by atoms with Gasteiger partial charge in [0, 0.05) is 47.9 Å². The summed E-state index contributed by atoms with van der Waals surface area (Å²) in [5, 5.41) is 10.5. The number of benzene rings is 1. The number of rotatable bonds is 9. The summed E-state index contributed by atoms with van der Waals surface area (Å²) in [5.41, 5.74) is 0.689. The smallest absolute Gasteiger partial charge is 0.410 e. The zero-order chi connectivity index (χ0) is 29.1. The summed E-state index contributed by atoms with van der Waals surface area (Å²) in [7, 11) is 0. The third kappa shape index (κ3) is 7.45. The maximum absolute atomic E-state index is 12.7. The molecule has 2 fully saturated rings. The van der Waals surface area contributed by atoms with E-state index in [9.17, 15) is 14.4 Å². The molecule has 12 heteroatoms. The fourth-order valence-electron chi connectivity index (χ4n) is 4.60. The van der Waals surface area contributed by atoms with Gasteiger partial charge in [-0.25, -0.2) is 14.8 Å². The molecule has 0 radical (unpaired) electrons. The first-order valence-electron chi connectivity index (χ1n) is 13.9. The van der Waals surface area contributed by atoms with E-state index in [0.717, 1.165) is 27.8 Å². The maximum atomic E-state index is 12.7. The van der Waals surface area contributed by atoms with E-state index in [0.29, 0.717) is 61.2 Å². The zero-order valence-corrected chi connectivity index (χ0v) is 25.0. The molecule has 3 N–H and O–H groups in total. The van der Waals surface area contributed by atoms with Crippen molar-refractivity contribution < 1.29 is 19.1 Å². The molecule has 3 heterocycles. The van der Waals surface area contributed by atoms with Gasteiger partial charge in [-0.2, -0.15) is 0 Å². The number of thiophene rings is 1. The van der Waals surface area contributed by atoms with Crippen LogP contribution < -0.4 is 16.0 Å². The molecule has 1 saturated heterocycles. The van der Waals surface area contributed by atoms with Crippen molar-refractivity contribution in [1.82, 2.24) is 25.5 Å². The van der Waals surface area contributed by atoms with Gasteiger partial charge in [-0.1, -0.05) is 17.7 Å². The van der Waals surface area contributed by atoms with E-state index in [2.05, 4.69) is 25.9 Å². The molecule has 0 spiro atoms. The van der Waals surface area contributed by atoms with Gasteiger partial charge >= 0.3 is 6.09 Å². The van der Waals surface area contributed by atoms with Gasteiger partial charge < -0.3 is 25.6 Å². The van der Waals surface area contributed by atoms with Crippen molar-refractivity contribution in [1.29, 1.82) is 0 Å². The predicted octanol–water partition coefficient (Wildman–Crippen LogP) is 5.08. The van der Waals surface area contributed by atoms with Crippen molar-refractivity contribution >= 4 is 56.9 Å². The van der Waals surface area contributed by atoms with Gasteiger partial charge in [0.2, 0.25) is 11.9 Å². The Morgan fingerprint density at radius 1 is 1.17 bits per heavy atom. The molecule has 5 rings (SSSR count). The quantitative estimate of drug-likeness (QED) is 0.293. The first kappa shape index (κ1) is 29.1. The molecule has 41 heavy (non-hydrogen) atoms. The van der Waals surface area contributed by atoms with Crippen LogP contribution in [0.3, 0.4) is 0 Å². The van der Waals surface area contributed by atoms with E-state index in [4.69, 9.17) is 16.3 Å². The van der Waals surface area contributed by atoms with Crippen molar-refractivity contribution in [3.8, 4) is 10.6 Å². The number of carbonyl (C=O) groups excluding carboxylic acids is 3. The summed E-state index contributed by atoms with van der Waals surface area (Å²) < 4.78 is 6.39. The van der Waals surface area contributed by atoms with Gasteiger partial charge in [0.1, 0.15) is 11.3 Å². The van der Waals surface area contributed by atoms with Gasteiger partial charge in [0.15, 0.2) is 0 Å². The van der Waals surface area contributed by atoms with E-state index >= 15 is 0 Å². The molecule has 2 aliphatic rings. The second kappa shape index (κ2) is 12.2. The van der Waals surface area contributed by atoms with Gasteiger partial charge in [-0.05, 0) is 64.7 Å². The average molecular weight is 599 g/mol. The molecule has 1 aromatic carbocycles. The topological polar surface area (TPSA) is 126 Å². The standard InChI is InChI=1S/C29H35ClN6O4S/c1-29(2,3)40-28(39)36-13-10-17(16-36)25(37)31-11-5-12-32-27-33-15-21(30)24(35-27)23-14-20-19(6-4-7-22(20)41-23)26(38)34-18-8-9-18/h4,6-7,14-15,17-18H,5,8-13,16H2,1-3H3,(H,31,37)(H,34,38)(H,32,33,35)/t17-/m0/s1. The second-order valence-electron chi connectivity index (χ2n) is 11.4. The molecule has 10 nitrogen and oxygen atoms in total. The van der Waals surface area contributed by atoms with Crippen LogP contribution in [0, 0.1) is 5.92 Å². The van der Waals surface area contributed by atoms with Crippen LogP contribution in [-0.2, 0) is 9.53 Å². The van der Waals surface area contributed by atoms with Crippen molar-refractivity contribution in [3.05, 3.63) is 41.0 Å². The first-order valence-corrected chi connectivity index (χ1v) is 15.1. The van der Waals surface area contributed by atoms with E-state index in [1.165, 1.54) is 11.3 Å². The molecule has 218 valence electrons. The minimum Gasteiger partial charge on any atom is -0.444 e. The molecular weight excluding hydrogens is 564 g/mol. The summed E-state index contributed by atoms with van der Waals surface area (Å²) in [6.45, 7) is 7.39. The lowest BCUT2D eigenvalue weighted by atomic mass is 10.1. The predicted molar refractivity (Wildman–Crippen MR) is 160 cm³/mol. The molecule has 0 bridgehead atoms. The van der Waals surface area contributed by atoms with Crippen LogP contribution in [-0.4, -0.2) is 70.6 Å². The van der Waals surface area contributed by atoms with Crippen molar-refractivity contribution in [2.75, 3.05) is 31.5 Å². The highest BCUT2D eigenvalue weighted by Gasteiger charge is 2.33. The summed E-state index contributed by atoms with van der Waals surface area (Å²) in [4.78, 5) is 49.0. The Hall–Kier alpha value is -3.44. The van der Waals surface area contributed by atoms with Crippen LogP contribution in [0.25, 0.3) is 20.7 Å². The van der Waals surface area contributed by atoms with Crippen molar-refractivity contribution in [2.45, 2.75) is 58.1 Å². The fourth-order valence-corrected chi connectivity index (χ4v) is 5.94. The summed E-state index contributed by atoms with van der Waals surface area (Å²) in [6.07, 6.45) is 4.53. The molecule has 1 atom stereocenters. The number of fused-ring (bicyclic) bond motifs is 1. The van der Waals surface area contributed by atoms with E-state index < -0.39 is 5.60 Å². The highest BCUT2D eigenvalue weighted by molar-refractivity contribution is 7.22. The molecule has 3 amide bonds. The number of nitrogens with zero attached hydrogens (tertiary/aromatic N) is 3. The number of likely N-dealkylation sites (tertiary alicyclic amines) is 1. The molecule has 1 aliphatic carbocycles. The van der Waals surface area contributed by atoms with Gasteiger partial charge in [0.25, 0.3) is 5.91 Å². The second-order valence-corrected chi connectivity index (χ2v) is 12.9. The molecular formula is C29H35ClN6O4S. The third-order valence-corrected chi connectivity index (χ3v) is 8.23. The first-order chi connectivity index (χ1) is 19.6. The number of nitrogens with one attached hydrogen (secondary N) is 3. The number of hydrogen-bond acceptors (Lipinski definition) is 8. The number of hydrogen-bond donors (Lipinski definition) is 3. The van der Waals surface area contributed by atoms with Crippen LogP contribution in [0.15, 0.2) is 30.5 Å². The SMILES string of the molecule is CC(C)(C)OC(=O)N1CC[C@H](C(=O)NCCCNc2ncc(Cl)c(-c3cc4c(C(=O)NC5CC5)cccc4s3)n2)C1. The van der Waals surface area contributed by atoms with Crippen molar-refractivity contribution in [2.24, 2.45) is 5.92 Å². The number of aromatic nitrogens is 2. The number of ether oxygens (including phenoxy) is 1. The van der Waals surface area contributed by atoms with Crippen LogP contribution in [0.2, 0.25) is 5.02 Å². The van der Waals surface area contributed by atoms with E-state index in [1.54, 1.807) is 11.1 Å². The lowest BCUT2D eigenvalue weighted by molar-refractivity contribution is -0.124. The number of halogens is 1. The van der Waals surface area contributed by atoms with Gasteiger partial charge in [-0.3, -0.25) is 9.59 Å². The Balaban J connectivity index is 1.12.